The van der Waals surface area contributed by atoms with Crippen molar-refractivity contribution in [3.8, 4) is 11.8 Å². The predicted molar refractivity (Wildman–Crippen MR) is 64.4 cm³/mol. The van der Waals surface area contributed by atoms with E-state index in [-0.39, 0.29) is 12.7 Å². The Labute approximate surface area is 101 Å². The first kappa shape index (κ1) is 12.1. The molecule has 1 fully saturated rings. The van der Waals surface area contributed by atoms with Crippen LogP contribution in [0.1, 0.15) is 17.5 Å². The van der Waals surface area contributed by atoms with Crippen LogP contribution in [0, 0.1) is 11.8 Å². The summed E-state index contributed by atoms with van der Waals surface area (Å²) in [5, 5.41) is 8.70. The fourth-order valence-corrected chi connectivity index (χ4v) is 1.75. The molecule has 17 heavy (non-hydrogen) atoms. The average Bonchev–Trinajstić information content (AvgIpc) is 2.88. The fourth-order valence-electron chi connectivity index (χ4n) is 1.75. The van der Waals surface area contributed by atoms with Crippen molar-refractivity contribution in [3.05, 3.63) is 35.4 Å². The van der Waals surface area contributed by atoms with Gasteiger partial charge >= 0.3 is 0 Å². The van der Waals surface area contributed by atoms with Crippen LogP contribution in [0.4, 0.5) is 0 Å². The van der Waals surface area contributed by atoms with E-state index >= 15 is 0 Å². The molecule has 0 spiro atoms. The van der Waals surface area contributed by atoms with Crippen molar-refractivity contribution >= 4 is 0 Å². The minimum absolute atomic E-state index is 0.119. The Morgan fingerprint density at radius 1 is 1.41 bits per heavy atom. The van der Waals surface area contributed by atoms with Gasteiger partial charge in [-0.05, 0) is 18.1 Å². The Bertz CT molecular complexity index is 411. The van der Waals surface area contributed by atoms with Gasteiger partial charge in [0.1, 0.15) is 6.61 Å². The van der Waals surface area contributed by atoms with E-state index in [2.05, 4.69) is 11.8 Å². The summed E-state index contributed by atoms with van der Waals surface area (Å²) in [6, 6.07) is 7.83. The molecule has 1 aliphatic heterocycles. The van der Waals surface area contributed by atoms with Crippen molar-refractivity contribution in [2.24, 2.45) is 0 Å². The third-order valence-electron chi connectivity index (χ3n) is 2.68. The summed E-state index contributed by atoms with van der Waals surface area (Å²) >= 11 is 0. The van der Waals surface area contributed by atoms with E-state index < -0.39 is 0 Å². The Morgan fingerprint density at radius 2 is 2.29 bits per heavy atom. The van der Waals surface area contributed by atoms with Crippen LogP contribution >= 0.6 is 0 Å². The Kier molecular flexibility index (Phi) is 4.57. The molecule has 3 heteroatoms. The maximum Gasteiger partial charge on any atom is 0.104 e. The molecule has 0 saturated carbocycles. The van der Waals surface area contributed by atoms with Crippen molar-refractivity contribution in [2.75, 3.05) is 19.8 Å². The van der Waals surface area contributed by atoms with Crippen LogP contribution in [0.3, 0.4) is 0 Å². The highest BCUT2D eigenvalue weighted by Gasteiger charge is 2.16. The van der Waals surface area contributed by atoms with E-state index in [0.29, 0.717) is 13.2 Å². The summed E-state index contributed by atoms with van der Waals surface area (Å²) in [6.45, 7) is 1.90. The summed E-state index contributed by atoms with van der Waals surface area (Å²) in [7, 11) is 0. The molecule has 1 heterocycles. The van der Waals surface area contributed by atoms with Crippen LogP contribution < -0.4 is 0 Å². The number of aliphatic hydroxyl groups excluding tert-OH is 1. The minimum Gasteiger partial charge on any atom is -0.384 e. The lowest BCUT2D eigenvalue weighted by atomic mass is 10.1. The Morgan fingerprint density at radius 3 is 3.06 bits per heavy atom. The zero-order valence-corrected chi connectivity index (χ0v) is 9.69. The van der Waals surface area contributed by atoms with E-state index in [0.717, 1.165) is 24.2 Å². The van der Waals surface area contributed by atoms with Gasteiger partial charge in [0.25, 0.3) is 0 Å². The molecule has 1 N–H and O–H groups in total. The topological polar surface area (TPSA) is 38.7 Å². The molecular formula is C14H16O3. The first-order valence-electron chi connectivity index (χ1n) is 5.77. The van der Waals surface area contributed by atoms with Gasteiger partial charge in [0.15, 0.2) is 0 Å². The molecule has 1 unspecified atom stereocenters. The van der Waals surface area contributed by atoms with E-state index in [4.69, 9.17) is 14.6 Å². The molecule has 0 radical (unpaired) electrons. The molecule has 1 aromatic rings. The lowest BCUT2D eigenvalue weighted by molar-refractivity contribution is 0.0317. The van der Waals surface area contributed by atoms with Crippen molar-refractivity contribution < 1.29 is 14.6 Å². The first-order valence-corrected chi connectivity index (χ1v) is 5.77. The summed E-state index contributed by atoms with van der Waals surface area (Å²) in [5.41, 5.74) is 1.97. The highest BCUT2D eigenvalue weighted by Crippen LogP contribution is 2.14. The number of ether oxygens (including phenoxy) is 2. The van der Waals surface area contributed by atoms with E-state index in [1.54, 1.807) is 0 Å². The molecule has 1 aliphatic rings. The van der Waals surface area contributed by atoms with Gasteiger partial charge in [-0.25, -0.2) is 0 Å². The largest absolute Gasteiger partial charge is 0.384 e. The SMILES string of the molecule is OCC#Cc1ccccc1COC1CCOC1. The summed E-state index contributed by atoms with van der Waals surface area (Å²) in [5.74, 6) is 5.59. The minimum atomic E-state index is -0.119. The average molecular weight is 232 g/mol. The molecule has 3 nitrogen and oxygen atoms in total. The van der Waals surface area contributed by atoms with Crippen LogP contribution in [0.15, 0.2) is 24.3 Å². The van der Waals surface area contributed by atoms with Gasteiger partial charge < -0.3 is 14.6 Å². The molecule has 0 amide bonds. The smallest absolute Gasteiger partial charge is 0.104 e. The quantitative estimate of drug-likeness (QED) is 0.799. The van der Waals surface area contributed by atoms with E-state index in [1.807, 2.05) is 24.3 Å². The van der Waals surface area contributed by atoms with Crippen molar-refractivity contribution in [1.29, 1.82) is 0 Å². The normalized spacial score (nSPS) is 18.8. The van der Waals surface area contributed by atoms with Crippen LogP contribution in [0.2, 0.25) is 0 Å². The lowest BCUT2D eigenvalue weighted by Crippen LogP contribution is -2.12. The van der Waals surface area contributed by atoms with Gasteiger partial charge in [0.2, 0.25) is 0 Å². The highest BCUT2D eigenvalue weighted by molar-refractivity contribution is 5.40. The predicted octanol–water partition coefficient (Wildman–Crippen LogP) is 1.34. The van der Waals surface area contributed by atoms with Gasteiger partial charge in [0, 0.05) is 12.2 Å². The molecule has 2 rings (SSSR count). The second kappa shape index (κ2) is 6.41. The fraction of sp³-hybridized carbons (Fsp3) is 0.429. The van der Waals surface area contributed by atoms with E-state index in [9.17, 15) is 0 Å². The molecule has 1 atom stereocenters. The van der Waals surface area contributed by atoms with Gasteiger partial charge in [-0.3, -0.25) is 0 Å². The van der Waals surface area contributed by atoms with Crippen molar-refractivity contribution in [2.45, 2.75) is 19.1 Å². The molecule has 1 saturated heterocycles. The van der Waals surface area contributed by atoms with Gasteiger partial charge in [-0.2, -0.15) is 0 Å². The standard InChI is InChI=1S/C14H16O3/c15-8-3-6-12-4-1-2-5-13(12)10-17-14-7-9-16-11-14/h1-2,4-5,14-15H,7-11H2. The second-order valence-corrected chi connectivity index (χ2v) is 3.91. The zero-order valence-electron chi connectivity index (χ0n) is 9.69. The van der Waals surface area contributed by atoms with Gasteiger partial charge in [-0.1, -0.05) is 30.0 Å². The Balaban J connectivity index is 1.98. The third kappa shape index (κ3) is 3.57. The summed E-state index contributed by atoms with van der Waals surface area (Å²) < 4.78 is 11.0. The number of hydrogen-bond donors (Lipinski definition) is 1. The van der Waals surface area contributed by atoms with Crippen LogP contribution in [0.5, 0.6) is 0 Å². The van der Waals surface area contributed by atoms with Gasteiger partial charge in [-0.15, -0.1) is 0 Å². The maximum atomic E-state index is 8.70. The van der Waals surface area contributed by atoms with Crippen molar-refractivity contribution in [1.82, 2.24) is 0 Å². The highest BCUT2D eigenvalue weighted by atomic mass is 16.5. The molecule has 0 bridgehead atoms. The summed E-state index contributed by atoms with van der Waals surface area (Å²) in [6.07, 6.45) is 1.17. The molecule has 90 valence electrons. The third-order valence-corrected chi connectivity index (χ3v) is 2.68. The van der Waals surface area contributed by atoms with Gasteiger partial charge in [0.05, 0.1) is 19.3 Å². The van der Waals surface area contributed by atoms with Crippen molar-refractivity contribution in [3.63, 3.8) is 0 Å². The lowest BCUT2D eigenvalue weighted by Gasteiger charge is -2.10. The monoisotopic (exact) mass is 232 g/mol. The van der Waals surface area contributed by atoms with Crippen LogP contribution in [0.25, 0.3) is 0 Å². The molecular weight excluding hydrogens is 216 g/mol. The van der Waals surface area contributed by atoms with Crippen LogP contribution in [-0.2, 0) is 16.1 Å². The zero-order chi connectivity index (χ0) is 11.9. The molecule has 0 aromatic heterocycles. The number of hydrogen-bond acceptors (Lipinski definition) is 3. The van der Waals surface area contributed by atoms with E-state index in [1.165, 1.54) is 0 Å². The second-order valence-electron chi connectivity index (χ2n) is 3.91. The number of rotatable bonds is 3. The maximum absolute atomic E-state index is 8.70. The number of benzene rings is 1. The summed E-state index contributed by atoms with van der Waals surface area (Å²) in [4.78, 5) is 0. The van der Waals surface area contributed by atoms with Crippen LogP contribution in [-0.4, -0.2) is 31.0 Å². The first-order chi connectivity index (χ1) is 8.40. The molecule has 0 aliphatic carbocycles. The number of aliphatic hydroxyl groups is 1. The Hall–Kier alpha value is -1.34. The molecule has 1 aromatic carbocycles.